The highest BCUT2D eigenvalue weighted by molar-refractivity contribution is 6.59. The summed E-state index contributed by atoms with van der Waals surface area (Å²) in [5.74, 6) is 0. The fraction of sp³-hybridized carbons (Fsp3) is 0. The minimum absolute atomic E-state index is 0.486. The van der Waals surface area contributed by atoms with Crippen LogP contribution >= 0.6 is 0 Å². The maximum absolute atomic E-state index is 9.42. The fourth-order valence-corrected chi connectivity index (χ4v) is 6.05. The van der Waals surface area contributed by atoms with Crippen LogP contribution in [0.1, 0.15) is 0 Å². The molecule has 8 heteroatoms. The topological polar surface area (TPSA) is 90.8 Å². The molecule has 0 saturated carbocycles. The van der Waals surface area contributed by atoms with E-state index in [1.807, 2.05) is 84.9 Å². The van der Waals surface area contributed by atoms with Crippen molar-refractivity contribution in [1.29, 1.82) is 0 Å². The molecule has 6 aromatic carbocycles. The van der Waals surface area contributed by atoms with Gasteiger partial charge in [0.05, 0.1) is 22.1 Å². The first-order chi connectivity index (χ1) is 21.5. The van der Waals surface area contributed by atoms with Crippen LogP contribution < -0.4 is 10.9 Å². The number of hydrogen-bond donors (Lipinski definition) is 4. The predicted octanol–water partition coefficient (Wildman–Crippen LogP) is 4.93. The lowest BCUT2D eigenvalue weighted by molar-refractivity contribution is 0.424. The van der Waals surface area contributed by atoms with Gasteiger partial charge >= 0.3 is 14.2 Å². The van der Waals surface area contributed by atoms with Crippen molar-refractivity contribution in [2.75, 3.05) is 0 Å². The average molecular weight is 574 g/mol. The monoisotopic (exact) mass is 574 g/mol. The molecule has 0 atom stereocenters. The molecule has 8 rings (SSSR count). The summed E-state index contributed by atoms with van der Waals surface area (Å²) in [4.78, 5) is 0. The Morgan fingerprint density at radius 2 is 0.636 bits per heavy atom. The Kier molecular flexibility index (Phi) is 7.26. The van der Waals surface area contributed by atoms with Crippen LogP contribution in [0, 0.1) is 0 Å². The van der Waals surface area contributed by atoms with Crippen molar-refractivity contribution in [3.05, 3.63) is 146 Å². The van der Waals surface area contributed by atoms with Crippen LogP contribution in [0.15, 0.2) is 146 Å². The Bertz CT molecular complexity index is 2000. The molecule has 0 radical (unpaired) electrons. The molecule has 0 spiro atoms. The smallest absolute Gasteiger partial charge is 0.423 e. The molecular formula is C36H28B2N2O4. The molecule has 0 unspecified atom stereocenters. The Balaban J connectivity index is 0.000000142. The number of benzene rings is 6. The zero-order valence-corrected chi connectivity index (χ0v) is 23.7. The molecule has 0 aliphatic carbocycles. The van der Waals surface area contributed by atoms with Crippen molar-refractivity contribution < 1.29 is 20.1 Å². The van der Waals surface area contributed by atoms with Gasteiger partial charge in [-0.15, -0.1) is 0 Å². The Morgan fingerprint density at radius 3 is 0.932 bits per heavy atom. The SMILES string of the molecule is OB(O)c1cccc(-n2c3ccccc3c3ccccc32)c1.OB(O)c1cccc(-n2c3ccccc3c3ccccc32)c1. The van der Waals surface area contributed by atoms with Gasteiger partial charge in [0.2, 0.25) is 0 Å². The summed E-state index contributed by atoms with van der Waals surface area (Å²) in [6.07, 6.45) is 0. The number of nitrogens with zero attached hydrogens (tertiary/aromatic N) is 2. The third-order valence-electron chi connectivity index (χ3n) is 8.01. The van der Waals surface area contributed by atoms with Gasteiger partial charge in [-0.05, 0) is 59.5 Å². The van der Waals surface area contributed by atoms with Gasteiger partial charge in [0, 0.05) is 32.9 Å². The van der Waals surface area contributed by atoms with E-state index in [2.05, 4.69) is 57.7 Å². The second-order valence-corrected chi connectivity index (χ2v) is 10.7. The molecule has 0 aliphatic heterocycles. The Labute approximate surface area is 254 Å². The maximum Gasteiger partial charge on any atom is 0.488 e. The predicted molar refractivity (Wildman–Crippen MR) is 181 cm³/mol. The summed E-state index contributed by atoms with van der Waals surface area (Å²) < 4.78 is 4.30. The number of hydrogen-bond acceptors (Lipinski definition) is 4. The van der Waals surface area contributed by atoms with E-state index in [0.717, 1.165) is 33.4 Å². The highest BCUT2D eigenvalue weighted by atomic mass is 16.4. The third-order valence-corrected chi connectivity index (χ3v) is 8.01. The number of para-hydroxylation sites is 4. The van der Waals surface area contributed by atoms with Gasteiger partial charge in [0.15, 0.2) is 0 Å². The molecule has 4 N–H and O–H groups in total. The average Bonchev–Trinajstić information content (AvgIpc) is 3.58. The van der Waals surface area contributed by atoms with Gasteiger partial charge < -0.3 is 29.2 Å². The highest BCUT2D eigenvalue weighted by Crippen LogP contribution is 2.32. The summed E-state index contributed by atoms with van der Waals surface area (Å²) in [6, 6.07) is 47.6. The normalized spacial score (nSPS) is 11.2. The van der Waals surface area contributed by atoms with Crippen LogP contribution in [-0.4, -0.2) is 43.5 Å². The maximum atomic E-state index is 9.42. The number of fused-ring (bicyclic) bond motifs is 6. The summed E-state index contributed by atoms with van der Waals surface area (Å²) in [5.41, 5.74) is 7.23. The molecule has 6 nitrogen and oxygen atoms in total. The van der Waals surface area contributed by atoms with E-state index in [0.29, 0.717) is 10.9 Å². The molecule has 0 amide bonds. The van der Waals surface area contributed by atoms with E-state index in [1.165, 1.54) is 21.5 Å². The molecule has 0 bridgehead atoms. The van der Waals surface area contributed by atoms with E-state index < -0.39 is 14.2 Å². The van der Waals surface area contributed by atoms with Crippen molar-refractivity contribution >= 4 is 68.8 Å². The lowest BCUT2D eigenvalue weighted by Crippen LogP contribution is -2.29. The van der Waals surface area contributed by atoms with E-state index in [9.17, 15) is 20.1 Å². The van der Waals surface area contributed by atoms with Gasteiger partial charge in [-0.1, -0.05) is 97.1 Å². The second-order valence-electron chi connectivity index (χ2n) is 10.7. The van der Waals surface area contributed by atoms with Gasteiger partial charge in [0.25, 0.3) is 0 Å². The molecule has 0 fully saturated rings. The molecular weight excluding hydrogens is 546 g/mol. The number of aromatic nitrogens is 2. The molecule has 0 saturated heterocycles. The van der Waals surface area contributed by atoms with Crippen molar-refractivity contribution in [2.45, 2.75) is 0 Å². The van der Waals surface area contributed by atoms with Gasteiger partial charge in [-0.3, -0.25) is 0 Å². The Hall–Kier alpha value is -5.11. The molecule has 8 aromatic rings. The first-order valence-electron chi connectivity index (χ1n) is 14.4. The molecule has 2 aromatic heterocycles. The van der Waals surface area contributed by atoms with Crippen LogP contribution in [0.2, 0.25) is 0 Å². The van der Waals surface area contributed by atoms with E-state index in [1.54, 1.807) is 12.1 Å². The quantitative estimate of drug-likeness (QED) is 0.225. The summed E-state index contributed by atoms with van der Waals surface area (Å²) in [7, 11) is -2.93. The zero-order chi connectivity index (χ0) is 30.2. The van der Waals surface area contributed by atoms with E-state index >= 15 is 0 Å². The molecule has 212 valence electrons. The van der Waals surface area contributed by atoms with Crippen LogP contribution in [0.5, 0.6) is 0 Å². The van der Waals surface area contributed by atoms with Crippen LogP contribution in [0.25, 0.3) is 55.0 Å². The Morgan fingerprint density at radius 1 is 0.341 bits per heavy atom. The van der Waals surface area contributed by atoms with E-state index in [4.69, 9.17) is 0 Å². The molecule has 0 aliphatic rings. The summed E-state index contributed by atoms with van der Waals surface area (Å²) in [5, 5.41) is 42.4. The van der Waals surface area contributed by atoms with Crippen LogP contribution in [0.3, 0.4) is 0 Å². The highest BCUT2D eigenvalue weighted by Gasteiger charge is 2.16. The summed E-state index contributed by atoms with van der Waals surface area (Å²) >= 11 is 0. The first kappa shape index (κ1) is 27.7. The minimum atomic E-state index is -1.46. The standard InChI is InChI=1S/2C18H14BNO2/c2*21-19(22)13-6-5-7-14(12-13)20-17-10-3-1-8-15(17)16-9-2-4-11-18(16)20/h2*1-12,21-22H. The third kappa shape index (κ3) is 4.86. The van der Waals surface area contributed by atoms with Crippen molar-refractivity contribution in [3.8, 4) is 11.4 Å². The largest absolute Gasteiger partial charge is 0.488 e. The van der Waals surface area contributed by atoms with Crippen LogP contribution in [0.4, 0.5) is 0 Å². The first-order valence-corrected chi connectivity index (χ1v) is 14.4. The molecule has 2 heterocycles. The number of rotatable bonds is 4. The fourth-order valence-electron chi connectivity index (χ4n) is 6.05. The van der Waals surface area contributed by atoms with Crippen molar-refractivity contribution in [3.63, 3.8) is 0 Å². The van der Waals surface area contributed by atoms with Gasteiger partial charge in [-0.25, -0.2) is 0 Å². The van der Waals surface area contributed by atoms with Gasteiger partial charge in [-0.2, -0.15) is 0 Å². The lowest BCUT2D eigenvalue weighted by Gasteiger charge is -2.09. The minimum Gasteiger partial charge on any atom is -0.423 e. The second kappa shape index (κ2) is 11.5. The van der Waals surface area contributed by atoms with Crippen LogP contribution in [-0.2, 0) is 0 Å². The van der Waals surface area contributed by atoms with Crippen molar-refractivity contribution in [2.24, 2.45) is 0 Å². The lowest BCUT2D eigenvalue weighted by atomic mass is 9.80. The summed E-state index contributed by atoms with van der Waals surface area (Å²) in [6.45, 7) is 0. The van der Waals surface area contributed by atoms with E-state index in [-0.39, 0.29) is 0 Å². The molecule has 44 heavy (non-hydrogen) atoms. The zero-order valence-electron chi connectivity index (χ0n) is 23.7. The van der Waals surface area contributed by atoms with Gasteiger partial charge in [0.1, 0.15) is 0 Å². The van der Waals surface area contributed by atoms with Crippen molar-refractivity contribution in [1.82, 2.24) is 9.13 Å².